The van der Waals surface area contributed by atoms with Gasteiger partial charge in [-0.3, -0.25) is 0 Å². The number of esters is 3. The highest BCUT2D eigenvalue weighted by molar-refractivity contribution is 6.92. The van der Waals surface area contributed by atoms with Crippen molar-refractivity contribution in [2.24, 2.45) is 0 Å². The van der Waals surface area contributed by atoms with Crippen LogP contribution in [0, 0.1) is 20.8 Å². The first-order chi connectivity index (χ1) is 18.9. The molecule has 9 nitrogen and oxygen atoms in total. The van der Waals surface area contributed by atoms with Crippen molar-refractivity contribution in [3.8, 4) is 0 Å². The van der Waals surface area contributed by atoms with E-state index in [9.17, 15) is 14.4 Å². The molecule has 0 aliphatic rings. The average Bonchev–Trinajstić information content (AvgIpc) is 2.93. The van der Waals surface area contributed by atoms with Crippen molar-refractivity contribution in [1.29, 1.82) is 0 Å². The predicted molar refractivity (Wildman–Crippen MR) is 156 cm³/mol. The van der Waals surface area contributed by atoms with Crippen LogP contribution in [0.1, 0.15) is 36.0 Å². The van der Waals surface area contributed by atoms with E-state index in [0.29, 0.717) is 19.3 Å². The van der Waals surface area contributed by atoms with Crippen LogP contribution in [-0.4, -0.2) is 80.9 Å². The van der Waals surface area contributed by atoms with Crippen molar-refractivity contribution in [3.63, 3.8) is 0 Å². The molecule has 0 bridgehead atoms. The van der Waals surface area contributed by atoms with Crippen LogP contribution >= 0.6 is 0 Å². The lowest BCUT2D eigenvalue weighted by Gasteiger charge is -2.36. The normalized spacial score (nSPS) is 11.1. The number of hydrogen-bond donors (Lipinski definition) is 3. The molecule has 0 aliphatic carbocycles. The van der Waals surface area contributed by atoms with Crippen LogP contribution in [0.15, 0.2) is 48.6 Å². The molecule has 0 fully saturated rings. The quantitative estimate of drug-likeness (QED) is 0.0746. The number of carbonyl (C=O) groups is 3. The fourth-order valence-electron chi connectivity index (χ4n) is 4.99. The van der Waals surface area contributed by atoms with Crippen LogP contribution in [0.3, 0.4) is 0 Å². The van der Waals surface area contributed by atoms with Gasteiger partial charge in [0.2, 0.25) is 0 Å². The third-order valence-electron chi connectivity index (χ3n) is 6.74. The van der Waals surface area contributed by atoms with E-state index in [0.717, 1.165) is 34.8 Å². The zero-order valence-corrected chi connectivity index (χ0v) is 25.1. The second-order valence-corrected chi connectivity index (χ2v) is 14.6. The molecule has 0 unspecified atom stereocenters. The van der Waals surface area contributed by atoms with Crippen molar-refractivity contribution >= 4 is 31.2 Å². The maximum atomic E-state index is 12.0. The summed E-state index contributed by atoms with van der Waals surface area (Å²) in [5, 5.41) is 28.7. The Labute approximate surface area is 238 Å². The molecular formula is C30H44O9Si. The van der Waals surface area contributed by atoms with Crippen molar-refractivity contribution in [3.05, 3.63) is 65.3 Å². The van der Waals surface area contributed by atoms with Gasteiger partial charge in [0.05, 0.1) is 64.4 Å². The van der Waals surface area contributed by atoms with Gasteiger partial charge in [-0.05, 0) is 58.2 Å². The third-order valence-corrected chi connectivity index (χ3v) is 12.5. The van der Waals surface area contributed by atoms with Gasteiger partial charge in [0.25, 0.3) is 0 Å². The van der Waals surface area contributed by atoms with Gasteiger partial charge in [-0.15, -0.1) is 0 Å². The lowest BCUT2D eigenvalue weighted by Crippen LogP contribution is -2.50. The van der Waals surface area contributed by atoms with Gasteiger partial charge in [0.1, 0.15) is 0 Å². The molecule has 0 radical (unpaired) electrons. The molecule has 0 saturated carbocycles. The molecule has 0 spiro atoms. The Kier molecular flexibility index (Phi) is 15.4. The maximum absolute atomic E-state index is 12.0. The molecule has 0 aromatic heterocycles. The highest BCUT2D eigenvalue weighted by Gasteiger charge is 2.36. The number of benzene rings is 1. The van der Waals surface area contributed by atoms with E-state index in [1.54, 1.807) is 0 Å². The zero-order chi connectivity index (χ0) is 30.3. The largest absolute Gasteiger partial charge is 0.462 e. The summed E-state index contributed by atoms with van der Waals surface area (Å²) in [4.78, 5) is 36.0. The van der Waals surface area contributed by atoms with Crippen LogP contribution in [0.2, 0.25) is 18.1 Å². The van der Waals surface area contributed by atoms with Crippen LogP contribution in [0.4, 0.5) is 0 Å². The van der Waals surface area contributed by atoms with E-state index in [1.807, 2.05) is 6.92 Å². The van der Waals surface area contributed by atoms with Gasteiger partial charge in [0, 0.05) is 0 Å². The van der Waals surface area contributed by atoms with E-state index in [4.69, 9.17) is 29.5 Å². The van der Waals surface area contributed by atoms with Crippen LogP contribution in [-0.2, 0) is 28.6 Å². The molecule has 0 amide bonds. The van der Waals surface area contributed by atoms with Crippen molar-refractivity contribution < 1.29 is 43.9 Å². The average molecular weight is 577 g/mol. The first kappa shape index (κ1) is 35.0. The smallest absolute Gasteiger partial charge is 0.335 e. The molecule has 0 aliphatic heterocycles. The lowest BCUT2D eigenvalue weighted by atomic mass is 10.1. The maximum Gasteiger partial charge on any atom is 0.335 e. The summed E-state index contributed by atoms with van der Waals surface area (Å²) in [6, 6.07) is 6.55. The van der Waals surface area contributed by atoms with Crippen LogP contribution < -0.4 is 5.19 Å². The van der Waals surface area contributed by atoms with Gasteiger partial charge >= 0.3 is 17.9 Å². The highest BCUT2D eigenvalue weighted by atomic mass is 28.3. The third kappa shape index (κ3) is 10.8. The molecule has 0 saturated heterocycles. The van der Waals surface area contributed by atoms with Crippen molar-refractivity contribution in [1.82, 2.24) is 0 Å². The van der Waals surface area contributed by atoms with E-state index >= 15 is 0 Å². The molecule has 0 heterocycles. The molecule has 40 heavy (non-hydrogen) atoms. The Bertz CT molecular complexity index is 966. The summed E-state index contributed by atoms with van der Waals surface area (Å²) >= 11 is 0. The standard InChI is InChI=1S/C30H44O9Si/c1-21-16-22(2)27(23(3)17-21)40(13-7-10-37-28(34)24(4)18-31,14-8-11-38-29(35)25(5)19-32)15-9-12-39-30(36)26(6)20-33/h16-17,31-33H,4-15,18-20H2,1-3H3. The lowest BCUT2D eigenvalue weighted by molar-refractivity contribution is -0.140. The second-order valence-electron chi connectivity index (χ2n) is 10.1. The van der Waals surface area contributed by atoms with Gasteiger partial charge in [0.15, 0.2) is 0 Å². The molecule has 1 aromatic rings. The van der Waals surface area contributed by atoms with E-state index in [-0.39, 0.29) is 36.5 Å². The van der Waals surface area contributed by atoms with E-state index in [2.05, 4.69) is 45.7 Å². The van der Waals surface area contributed by atoms with E-state index in [1.165, 1.54) is 5.19 Å². The fourth-order valence-corrected chi connectivity index (χ4v) is 10.8. The Hall–Kier alpha value is -3.05. The van der Waals surface area contributed by atoms with Crippen LogP contribution in [0.5, 0.6) is 0 Å². The van der Waals surface area contributed by atoms with Crippen molar-refractivity contribution in [2.75, 3.05) is 39.6 Å². The number of aliphatic hydroxyl groups excluding tert-OH is 3. The minimum atomic E-state index is -2.40. The molecule has 1 rings (SSSR count). The molecule has 1 aromatic carbocycles. The Morgan fingerprint density at radius 2 is 0.950 bits per heavy atom. The minimum Gasteiger partial charge on any atom is -0.462 e. The van der Waals surface area contributed by atoms with Gasteiger partial charge in [-0.25, -0.2) is 14.4 Å². The zero-order valence-electron chi connectivity index (χ0n) is 24.1. The van der Waals surface area contributed by atoms with E-state index < -0.39 is 45.8 Å². The summed E-state index contributed by atoms with van der Waals surface area (Å²) in [6.45, 7) is 15.8. The highest BCUT2D eigenvalue weighted by Crippen LogP contribution is 2.30. The van der Waals surface area contributed by atoms with Gasteiger partial charge < -0.3 is 29.5 Å². The first-order valence-electron chi connectivity index (χ1n) is 13.4. The summed E-state index contributed by atoms with van der Waals surface area (Å²) in [5.41, 5.74) is 3.44. The van der Waals surface area contributed by atoms with Crippen LogP contribution in [0.25, 0.3) is 0 Å². The number of aliphatic hydroxyl groups is 3. The summed E-state index contributed by atoms with van der Waals surface area (Å²) in [6.07, 6.45) is 1.73. The summed E-state index contributed by atoms with van der Waals surface area (Å²) in [5.74, 6) is -1.90. The topological polar surface area (TPSA) is 140 Å². The number of ether oxygens (including phenoxy) is 3. The molecular weight excluding hydrogens is 532 g/mol. The fraction of sp³-hybridized carbons (Fsp3) is 0.500. The van der Waals surface area contributed by atoms with Gasteiger partial charge in [-0.2, -0.15) is 0 Å². The number of carbonyl (C=O) groups excluding carboxylic acids is 3. The molecule has 10 heteroatoms. The predicted octanol–water partition coefficient (Wildman–Crippen LogP) is 2.71. The second kappa shape index (κ2) is 17.6. The van der Waals surface area contributed by atoms with Crippen molar-refractivity contribution in [2.45, 2.75) is 58.2 Å². The van der Waals surface area contributed by atoms with Gasteiger partial charge in [-0.1, -0.05) is 53.7 Å². The minimum absolute atomic E-state index is 0.00806. The SMILES string of the molecule is C=C(CO)C(=O)OCCC[Si](CCCOC(=O)C(=C)CO)(CCCOC(=O)C(=C)CO)c1c(C)cc(C)cc1C. The Balaban J connectivity index is 3.24. The monoisotopic (exact) mass is 576 g/mol. The summed E-state index contributed by atoms with van der Waals surface area (Å²) < 4.78 is 15.9. The Morgan fingerprint density at radius 1 is 0.650 bits per heavy atom. The summed E-state index contributed by atoms with van der Waals surface area (Å²) in [7, 11) is -2.40. The number of rotatable bonds is 19. The number of aryl methyl sites for hydroxylation is 3. The number of hydrogen-bond acceptors (Lipinski definition) is 9. The molecule has 3 N–H and O–H groups in total. The first-order valence-corrected chi connectivity index (χ1v) is 16.0. The molecule has 222 valence electrons. The molecule has 0 atom stereocenters. The Morgan fingerprint density at radius 3 is 1.23 bits per heavy atom.